The molecule has 1 unspecified atom stereocenters. The van der Waals surface area contributed by atoms with Gasteiger partial charge in [-0.3, -0.25) is 9.59 Å². The normalized spacial score (nSPS) is 12.0. The zero-order valence-electron chi connectivity index (χ0n) is 13.4. The molecule has 0 saturated heterocycles. The number of aryl methyl sites for hydroxylation is 1. The molecule has 23 heavy (non-hydrogen) atoms. The van der Waals surface area contributed by atoms with E-state index >= 15 is 0 Å². The van der Waals surface area contributed by atoms with Gasteiger partial charge in [-0.15, -0.1) is 0 Å². The number of hydrogen-bond acceptors (Lipinski definition) is 4. The Morgan fingerprint density at radius 2 is 2.04 bits per heavy atom. The van der Waals surface area contributed by atoms with Crippen LogP contribution in [0.2, 0.25) is 0 Å². The van der Waals surface area contributed by atoms with Crippen LogP contribution in [0.25, 0.3) is 10.9 Å². The molecule has 1 atom stereocenters. The molecule has 1 aromatic carbocycles. The number of ketones is 1. The fourth-order valence-electron chi connectivity index (χ4n) is 2.45. The van der Waals surface area contributed by atoms with Crippen molar-refractivity contribution in [2.45, 2.75) is 33.2 Å². The van der Waals surface area contributed by atoms with Crippen LogP contribution in [0.5, 0.6) is 0 Å². The van der Waals surface area contributed by atoms with Crippen molar-refractivity contribution in [2.24, 2.45) is 0 Å². The summed E-state index contributed by atoms with van der Waals surface area (Å²) in [5.41, 5.74) is 2.55. The summed E-state index contributed by atoms with van der Waals surface area (Å²) in [7, 11) is 0. The van der Waals surface area contributed by atoms with E-state index in [1.54, 1.807) is 6.20 Å². The minimum Gasteiger partial charge on any atom is -0.456 e. The first-order valence-corrected chi connectivity index (χ1v) is 7.50. The molecule has 1 heterocycles. The molecule has 1 amide bonds. The van der Waals surface area contributed by atoms with Crippen LogP contribution in [-0.2, 0) is 20.7 Å². The summed E-state index contributed by atoms with van der Waals surface area (Å²) >= 11 is 0. The number of nitrogens with one attached hydrogen (secondary N) is 2. The number of Topliss-reactive ketones (excluding diaryl/α,β-unsaturated/α-hetero) is 1. The Morgan fingerprint density at radius 1 is 1.30 bits per heavy atom. The van der Waals surface area contributed by atoms with Crippen molar-refractivity contribution >= 4 is 28.6 Å². The van der Waals surface area contributed by atoms with E-state index in [9.17, 15) is 14.4 Å². The Morgan fingerprint density at radius 3 is 2.70 bits per heavy atom. The van der Waals surface area contributed by atoms with Gasteiger partial charge < -0.3 is 15.0 Å². The predicted octanol–water partition coefficient (Wildman–Crippen LogP) is 1.98. The number of H-pyrrole nitrogens is 1. The van der Waals surface area contributed by atoms with Gasteiger partial charge in [0.2, 0.25) is 11.7 Å². The number of hydrogen-bond donors (Lipinski definition) is 2. The van der Waals surface area contributed by atoms with Gasteiger partial charge in [0.1, 0.15) is 6.04 Å². The number of esters is 1. The number of ether oxygens (including phenoxy) is 1. The maximum absolute atomic E-state index is 12.3. The lowest BCUT2D eigenvalue weighted by Crippen LogP contribution is -2.38. The molecule has 0 spiro atoms. The lowest BCUT2D eigenvalue weighted by molar-refractivity contribution is -0.146. The fraction of sp³-hybridized carbons (Fsp3) is 0.353. The summed E-state index contributed by atoms with van der Waals surface area (Å²) in [6, 6.07) is 4.98. The Balaban J connectivity index is 2.07. The topological polar surface area (TPSA) is 88.3 Å². The second kappa shape index (κ2) is 7.09. The van der Waals surface area contributed by atoms with E-state index in [2.05, 4.69) is 10.3 Å². The van der Waals surface area contributed by atoms with Crippen molar-refractivity contribution in [3.05, 3.63) is 35.5 Å². The maximum Gasteiger partial charge on any atom is 0.328 e. The lowest BCUT2D eigenvalue weighted by atomic mass is 10.1. The molecule has 2 aromatic rings. The fourth-order valence-corrected chi connectivity index (χ4v) is 2.45. The van der Waals surface area contributed by atoms with Crippen molar-refractivity contribution < 1.29 is 19.1 Å². The first kappa shape index (κ1) is 16.7. The molecule has 122 valence electrons. The molecule has 1 aromatic heterocycles. The first-order chi connectivity index (χ1) is 10.9. The number of aromatic amines is 1. The molecule has 0 radical (unpaired) electrons. The van der Waals surface area contributed by atoms with Crippen LogP contribution in [0.3, 0.4) is 0 Å². The van der Waals surface area contributed by atoms with E-state index in [1.165, 1.54) is 13.8 Å². The van der Waals surface area contributed by atoms with Crippen molar-refractivity contribution in [3.63, 3.8) is 0 Å². The molecule has 0 bridgehead atoms. The Bertz CT molecular complexity index is 748. The quantitative estimate of drug-likeness (QED) is 0.630. The number of carbonyl (C=O) groups excluding carboxylic acids is 3. The van der Waals surface area contributed by atoms with Crippen molar-refractivity contribution in [1.29, 1.82) is 0 Å². The maximum atomic E-state index is 12.3. The van der Waals surface area contributed by atoms with Crippen LogP contribution in [0.1, 0.15) is 36.7 Å². The summed E-state index contributed by atoms with van der Waals surface area (Å²) < 4.78 is 4.98. The number of carbonyl (C=O) groups is 3. The Hall–Kier alpha value is -2.63. The summed E-state index contributed by atoms with van der Waals surface area (Å²) in [4.78, 5) is 38.0. The summed E-state index contributed by atoms with van der Waals surface area (Å²) in [6.07, 6.45) is 2.49. The minimum absolute atomic E-state index is 0.284. The van der Waals surface area contributed by atoms with E-state index in [0.29, 0.717) is 5.56 Å². The van der Waals surface area contributed by atoms with Crippen LogP contribution >= 0.6 is 0 Å². The molecule has 0 aliphatic carbocycles. The highest BCUT2D eigenvalue weighted by molar-refractivity contribution is 6.09. The molecular formula is C17H20N2O4. The average molecular weight is 316 g/mol. The highest BCUT2D eigenvalue weighted by atomic mass is 16.5. The van der Waals surface area contributed by atoms with Gasteiger partial charge >= 0.3 is 5.97 Å². The summed E-state index contributed by atoms with van der Waals surface area (Å²) in [6.45, 7) is 4.51. The van der Waals surface area contributed by atoms with Crippen LogP contribution in [0.15, 0.2) is 24.4 Å². The highest BCUT2D eigenvalue weighted by Crippen LogP contribution is 2.22. The first-order valence-electron chi connectivity index (χ1n) is 7.50. The lowest BCUT2D eigenvalue weighted by Gasteiger charge is -2.11. The van der Waals surface area contributed by atoms with Gasteiger partial charge in [-0.2, -0.15) is 0 Å². The molecule has 0 saturated carbocycles. The third-order valence-corrected chi connectivity index (χ3v) is 3.60. The molecule has 0 fully saturated rings. The smallest absolute Gasteiger partial charge is 0.328 e. The van der Waals surface area contributed by atoms with Crippen LogP contribution < -0.4 is 5.32 Å². The summed E-state index contributed by atoms with van der Waals surface area (Å²) in [5, 5.41) is 3.23. The van der Waals surface area contributed by atoms with Crippen LogP contribution in [0.4, 0.5) is 0 Å². The number of para-hydroxylation sites is 1. The van der Waals surface area contributed by atoms with Gasteiger partial charge in [0.05, 0.1) is 0 Å². The highest BCUT2D eigenvalue weighted by Gasteiger charge is 2.19. The molecule has 2 N–H and O–H groups in total. The average Bonchev–Trinajstić information content (AvgIpc) is 2.95. The van der Waals surface area contributed by atoms with E-state index < -0.39 is 12.0 Å². The van der Waals surface area contributed by atoms with Gasteiger partial charge in [0.15, 0.2) is 6.61 Å². The number of benzene rings is 1. The summed E-state index contributed by atoms with van der Waals surface area (Å²) in [5.74, 6) is -1.25. The Kier molecular flexibility index (Phi) is 5.16. The number of amides is 1. The largest absolute Gasteiger partial charge is 0.456 e. The van der Waals surface area contributed by atoms with Crippen molar-refractivity contribution in [3.8, 4) is 0 Å². The number of aromatic nitrogens is 1. The van der Waals surface area contributed by atoms with Crippen LogP contribution in [0, 0.1) is 0 Å². The molecular weight excluding hydrogens is 296 g/mol. The van der Waals surface area contributed by atoms with Gasteiger partial charge in [-0.05, 0) is 18.9 Å². The Labute approximate surface area is 134 Å². The third kappa shape index (κ3) is 3.77. The number of rotatable bonds is 6. The van der Waals surface area contributed by atoms with E-state index in [4.69, 9.17) is 4.74 Å². The third-order valence-electron chi connectivity index (χ3n) is 3.60. The van der Waals surface area contributed by atoms with E-state index in [0.717, 1.165) is 22.9 Å². The standard InChI is InChI=1S/C17H20N2O4/c1-4-12-6-5-7-13-14(8-18-16(12)13)15(21)9-23-17(22)10(2)19-11(3)20/h5-8,10,18H,4,9H2,1-3H3,(H,19,20). The van der Waals surface area contributed by atoms with Crippen molar-refractivity contribution in [1.82, 2.24) is 10.3 Å². The zero-order valence-corrected chi connectivity index (χ0v) is 13.4. The van der Waals surface area contributed by atoms with E-state index in [1.807, 2.05) is 25.1 Å². The van der Waals surface area contributed by atoms with E-state index in [-0.39, 0.29) is 18.3 Å². The molecule has 6 heteroatoms. The second-order valence-corrected chi connectivity index (χ2v) is 5.35. The van der Waals surface area contributed by atoms with Crippen LogP contribution in [-0.4, -0.2) is 35.3 Å². The van der Waals surface area contributed by atoms with Gasteiger partial charge in [-0.25, -0.2) is 4.79 Å². The molecule has 2 rings (SSSR count). The predicted molar refractivity (Wildman–Crippen MR) is 86.2 cm³/mol. The van der Waals surface area contributed by atoms with Gasteiger partial charge in [0, 0.05) is 29.6 Å². The second-order valence-electron chi connectivity index (χ2n) is 5.35. The number of fused-ring (bicyclic) bond motifs is 1. The van der Waals surface area contributed by atoms with Gasteiger partial charge in [-0.1, -0.05) is 25.1 Å². The molecule has 6 nitrogen and oxygen atoms in total. The zero-order chi connectivity index (χ0) is 17.0. The van der Waals surface area contributed by atoms with Crippen molar-refractivity contribution in [2.75, 3.05) is 6.61 Å². The SMILES string of the molecule is CCc1cccc2c(C(=O)COC(=O)C(C)NC(C)=O)c[nH]c12. The molecule has 0 aliphatic heterocycles. The monoisotopic (exact) mass is 316 g/mol. The van der Waals surface area contributed by atoms with Gasteiger partial charge in [0.25, 0.3) is 0 Å². The molecule has 0 aliphatic rings. The minimum atomic E-state index is -0.782.